The van der Waals surface area contributed by atoms with Crippen LogP contribution in [0.15, 0.2) is 0 Å². The molecule has 0 fully saturated rings. The van der Waals surface area contributed by atoms with Crippen molar-refractivity contribution >= 4 is 0 Å². The fourth-order valence-corrected chi connectivity index (χ4v) is 0.935. The molecule has 0 aliphatic heterocycles. The Morgan fingerprint density at radius 2 is 2.10 bits per heavy atom. The van der Waals surface area contributed by atoms with E-state index < -0.39 is 5.67 Å². The molecule has 2 heteroatoms. The van der Waals surface area contributed by atoms with Crippen molar-refractivity contribution in [2.24, 2.45) is 11.7 Å². The summed E-state index contributed by atoms with van der Waals surface area (Å²) in [5.41, 5.74) is 4.09. The van der Waals surface area contributed by atoms with Crippen molar-refractivity contribution in [2.45, 2.75) is 39.3 Å². The summed E-state index contributed by atoms with van der Waals surface area (Å²) in [5.74, 6) is 0.0856. The number of nitrogens with two attached hydrogens (primary N) is 1. The summed E-state index contributed by atoms with van der Waals surface area (Å²) < 4.78 is 13.3. The van der Waals surface area contributed by atoms with Crippen LogP contribution in [-0.4, -0.2) is 12.2 Å². The Labute approximate surface area is 62.8 Å². The van der Waals surface area contributed by atoms with Crippen molar-refractivity contribution in [1.29, 1.82) is 0 Å². The van der Waals surface area contributed by atoms with Crippen molar-refractivity contribution in [3.63, 3.8) is 0 Å². The number of alkyl halides is 1. The zero-order valence-corrected chi connectivity index (χ0v) is 7.15. The molecular formula is C8H18FN. The average molecular weight is 147 g/mol. The number of hydrogen-bond acceptors (Lipinski definition) is 1. The van der Waals surface area contributed by atoms with Crippen LogP contribution in [0.5, 0.6) is 0 Å². The van der Waals surface area contributed by atoms with Gasteiger partial charge in [-0.3, -0.25) is 0 Å². The normalized spacial score (nSPS) is 20.1. The molecule has 2 N–H and O–H groups in total. The minimum Gasteiger partial charge on any atom is -0.328 e. The van der Waals surface area contributed by atoms with Gasteiger partial charge in [-0.2, -0.15) is 0 Å². The minimum absolute atomic E-state index is 0.0856. The van der Waals surface area contributed by atoms with E-state index in [-0.39, 0.29) is 12.5 Å². The smallest absolute Gasteiger partial charge is 0.122 e. The molecule has 0 aliphatic carbocycles. The van der Waals surface area contributed by atoms with Crippen LogP contribution in [0.4, 0.5) is 4.39 Å². The fourth-order valence-electron chi connectivity index (χ4n) is 0.935. The predicted octanol–water partition coefficient (Wildman–Crippen LogP) is 2.11. The molecule has 0 heterocycles. The Bertz CT molecular complexity index is 91.3. The van der Waals surface area contributed by atoms with Crippen LogP contribution in [-0.2, 0) is 0 Å². The molecule has 0 bridgehead atoms. The van der Waals surface area contributed by atoms with E-state index in [9.17, 15) is 4.39 Å². The van der Waals surface area contributed by atoms with E-state index in [0.29, 0.717) is 0 Å². The fraction of sp³-hybridized carbons (Fsp3) is 1.00. The van der Waals surface area contributed by atoms with Crippen LogP contribution in [0.25, 0.3) is 0 Å². The molecule has 2 unspecified atom stereocenters. The van der Waals surface area contributed by atoms with Gasteiger partial charge in [-0.25, -0.2) is 4.39 Å². The molecule has 0 rings (SSSR count). The molecule has 62 valence electrons. The average Bonchev–Trinajstić information content (AvgIpc) is 1.89. The van der Waals surface area contributed by atoms with E-state index in [1.807, 2.05) is 6.92 Å². The Hall–Kier alpha value is -0.110. The molecule has 0 saturated carbocycles. The molecule has 0 saturated heterocycles. The highest BCUT2D eigenvalue weighted by Gasteiger charge is 2.27. The number of halogens is 1. The lowest BCUT2D eigenvalue weighted by Gasteiger charge is -2.25. The van der Waals surface area contributed by atoms with Gasteiger partial charge in [0.05, 0.1) is 0 Å². The topological polar surface area (TPSA) is 26.0 Å². The van der Waals surface area contributed by atoms with Crippen LogP contribution in [0.2, 0.25) is 0 Å². The summed E-state index contributed by atoms with van der Waals surface area (Å²) in [6.07, 6.45) is 1.95. The number of rotatable bonds is 4. The van der Waals surface area contributed by atoms with Gasteiger partial charge >= 0.3 is 0 Å². The van der Waals surface area contributed by atoms with E-state index in [1.54, 1.807) is 6.92 Å². The molecule has 2 atom stereocenters. The second-order valence-electron chi connectivity index (χ2n) is 3.17. The zero-order valence-electron chi connectivity index (χ0n) is 7.15. The van der Waals surface area contributed by atoms with Crippen molar-refractivity contribution in [1.82, 2.24) is 0 Å². The van der Waals surface area contributed by atoms with Crippen LogP contribution in [0.3, 0.4) is 0 Å². The molecule has 0 spiro atoms. The minimum atomic E-state index is -1.17. The van der Waals surface area contributed by atoms with Gasteiger partial charge in [0.1, 0.15) is 5.67 Å². The van der Waals surface area contributed by atoms with E-state index >= 15 is 0 Å². The highest BCUT2D eigenvalue weighted by molar-refractivity contribution is 4.79. The van der Waals surface area contributed by atoms with E-state index in [1.165, 1.54) is 0 Å². The quantitative estimate of drug-likeness (QED) is 0.647. The van der Waals surface area contributed by atoms with Crippen molar-refractivity contribution in [3.8, 4) is 0 Å². The first kappa shape index (κ1) is 9.89. The summed E-state index contributed by atoms with van der Waals surface area (Å²) >= 11 is 0. The third-order valence-corrected chi connectivity index (χ3v) is 2.15. The van der Waals surface area contributed by atoms with Crippen molar-refractivity contribution in [3.05, 3.63) is 0 Å². The van der Waals surface area contributed by atoms with Gasteiger partial charge in [-0.15, -0.1) is 0 Å². The Morgan fingerprint density at radius 1 is 1.60 bits per heavy atom. The molecule has 0 amide bonds. The first-order valence-electron chi connectivity index (χ1n) is 3.93. The van der Waals surface area contributed by atoms with Gasteiger partial charge in [0.15, 0.2) is 0 Å². The molecule has 0 aromatic carbocycles. The van der Waals surface area contributed by atoms with Gasteiger partial charge in [-0.05, 0) is 19.3 Å². The number of hydrogen-bond donors (Lipinski definition) is 1. The predicted molar refractivity (Wildman–Crippen MR) is 42.6 cm³/mol. The molecule has 0 aliphatic rings. The van der Waals surface area contributed by atoms with Crippen LogP contribution in [0, 0.1) is 5.92 Å². The van der Waals surface area contributed by atoms with Crippen LogP contribution in [0.1, 0.15) is 33.6 Å². The Kier molecular flexibility index (Phi) is 3.87. The summed E-state index contributed by atoms with van der Waals surface area (Å²) in [5, 5.41) is 0. The van der Waals surface area contributed by atoms with Gasteiger partial charge < -0.3 is 5.73 Å². The third-order valence-electron chi connectivity index (χ3n) is 2.15. The summed E-state index contributed by atoms with van der Waals surface area (Å²) in [6.45, 7) is 5.68. The maximum absolute atomic E-state index is 13.3. The van der Waals surface area contributed by atoms with Gasteiger partial charge in [0.25, 0.3) is 0 Å². The Balaban J connectivity index is 3.78. The maximum atomic E-state index is 13.3. The van der Waals surface area contributed by atoms with Crippen LogP contribution >= 0.6 is 0 Å². The summed E-state index contributed by atoms with van der Waals surface area (Å²) in [7, 11) is 0. The third kappa shape index (κ3) is 2.65. The van der Waals surface area contributed by atoms with Crippen molar-refractivity contribution in [2.75, 3.05) is 6.54 Å². The molecule has 0 aromatic heterocycles. The van der Waals surface area contributed by atoms with Crippen molar-refractivity contribution < 1.29 is 4.39 Å². The zero-order chi connectivity index (χ0) is 8.20. The highest BCUT2D eigenvalue weighted by atomic mass is 19.1. The van der Waals surface area contributed by atoms with Gasteiger partial charge in [0.2, 0.25) is 0 Å². The lowest BCUT2D eigenvalue weighted by atomic mass is 9.89. The monoisotopic (exact) mass is 147 g/mol. The molecular weight excluding hydrogens is 129 g/mol. The summed E-state index contributed by atoms with van der Waals surface area (Å²) in [4.78, 5) is 0. The molecule has 0 radical (unpaired) electrons. The van der Waals surface area contributed by atoms with E-state index in [2.05, 4.69) is 6.92 Å². The standard InChI is InChI=1S/C8H18FN/c1-4-5-7(2)8(3,9)6-10/h7H,4-6,10H2,1-3H3. The highest BCUT2D eigenvalue weighted by Crippen LogP contribution is 2.24. The maximum Gasteiger partial charge on any atom is 0.122 e. The summed E-state index contributed by atoms with van der Waals surface area (Å²) in [6, 6.07) is 0. The SMILES string of the molecule is CCCC(C)C(C)(F)CN. The second kappa shape index (κ2) is 3.91. The lowest BCUT2D eigenvalue weighted by Crippen LogP contribution is -2.36. The Morgan fingerprint density at radius 3 is 2.40 bits per heavy atom. The first-order chi connectivity index (χ1) is 4.54. The van der Waals surface area contributed by atoms with Crippen LogP contribution < -0.4 is 5.73 Å². The van der Waals surface area contributed by atoms with E-state index in [0.717, 1.165) is 12.8 Å². The molecule has 10 heavy (non-hydrogen) atoms. The van der Waals surface area contributed by atoms with E-state index in [4.69, 9.17) is 5.73 Å². The molecule has 0 aromatic rings. The van der Waals surface area contributed by atoms with Gasteiger partial charge in [0, 0.05) is 6.54 Å². The lowest BCUT2D eigenvalue weighted by molar-refractivity contribution is 0.116. The largest absolute Gasteiger partial charge is 0.328 e. The second-order valence-corrected chi connectivity index (χ2v) is 3.17. The first-order valence-corrected chi connectivity index (χ1v) is 3.93. The van der Waals surface area contributed by atoms with Gasteiger partial charge in [-0.1, -0.05) is 20.3 Å². The molecule has 1 nitrogen and oxygen atoms in total.